The van der Waals surface area contributed by atoms with E-state index in [4.69, 9.17) is 0 Å². The number of nitrogens with zero attached hydrogens (tertiary/aromatic N) is 3. The Kier molecular flexibility index (Phi) is 2.33. The highest BCUT2D eigenvalue weighted by molar-refractivity contribution is 5.82. The molecule has 1 aromatic heterocycles. The molecule has 0 saturated carbocycles. The van der Waals surface area contributed by atoms with Gasteiger partial charge in [-0.3, -0.25) is 4.79 Å². The van der Waals surface area contributed by atoms with E-state index in [0.29, 0.717) is 5.56 Å². The zero-order valence-corrected chi connectivity index (χ0v) is 8.64. The van der Waals surface area contributed by atoms with Gasteiger partial charge in [-0.2, -0.15) is 15.0 Å². The van der Waals surface area contributed by atoms with E-state index in [-0.39, 0.29) is 0 Å². The Hall–Kier alpha value is -1.97. The van der Waals surface area contributed by atoms with E-state index in [1.54, 1.807) is 18.5 Å². The van der Waals surface area contributed by atoms with E-state index >= 15 is 0 Å². The highest BCUT2D eigenvalue weighted by atomic mass is 16.1. The molecule has 0 atom stereocenters. The van der Waals surface area contributed by atoms with Crippen LogP contribution in [0, 0.1) is 13.8 Å². The van der Waals surface area contributed by atoms with Crippen molar-refractivity contribution in [3.63, 3.8) is 0 Å². The molecular formula is C11H11N3O. The first-order valence-electron chi connectivity index (χ1n) is 4.66. The van der Waals surface area contributed by atoms with Crippen molar-refractivity contribution in [2.24, 2.45) is 0 Å². The standard InChI is InChI=1S/C11H11N3O/c1-8-3-4-10(7-15)11(9(8)2)14-12-5-6-13-14/h3-7H,1-2H3. The molecule has 0 aliphatic carbocycles. The maximum absolute atomic E-state index is 10.9. The zero-order valence-electron chi connectivity index (χ0n) is 8.64. The van der Waals surface area contributed by atoms with Crippen molar-refractivity contribution in [1.82, 2.24) is 15.0 Å². The summed E-state index contributed by atoms with van der Waals surface area (Å²) in [7, 11) is 0. The van der Waals surface area contributed by atoms with E-state index in [0.717, 1.165) is 23.1 Å². The van der Waals surface area contributed by atoms with Gasteiger partial charge in [0.2, 0.25) is 0 Å². The molecule has 0 saturated heterocycles. The second-order valence-corrected chi connectivity index (χ2v) is 3.38. The topological polar surface area (TPSA) is 47.8 Å². The van der Waals surface area contributed by atoms with Gasteiger partial charge in [0, 0.05) is 5.56 Å². The van der Waals surface area contributed by atoms with Crippen LogP contribution in [-0.4, -0.2) is 21.3 Å². The lowest BCUT2D eigenvalue weighted by Gasteiger charge is -2.09. The van der Waals surface area contributed by atoms with Gasteiger partial charge in [-0.05, 0) is 31.0 Å². The number of hydrogen-bond acceptors (Lipinski definition) is 3. The number of benzene rings is 1. The van der Waals surface area contributed by atoms with E-state index in [2.05, 4.69) is 10.2 Å². The summed E-state index contributed by atoms with van der Waals surface area (Å²) in [5.41, 5.74) is 3.51. The van der Waals surface area contributed by atoms with Crippen LogP contribution in [-0.2, 0) is 0 Å². The molecule has 0 fully saturated rings. The van der Waals surface area contributed by atoms with Crippen molar-refractivity contribution in [3.05, 3.63) is 41.2 Å². The summed E-state index contributed by atoms with van der Waals surface area (Å²) in [6, 6.07) is 3.71. The van der Waals surface area contributed by atoms with Crippen LogP contribution < -0.4 is 0 Å². The molecule has 4 heteroatoms. The largest absolute Gasteiger partial charge is 0.298 e. The van der Waals surface area contributed by atoms with E-state index in [1.807, 2.05) is 19.9 Å². The molecule has 76 valence electrons. The molecule has 2 rings (SSSR count). The lowest BCUT2D eigenvalue weighted by Crippen LogP contribution is -2.06. The highest BCUT2D eigenvalue weighted by Crippen LogP contribution is 2.19. The number of rotatable bonds is 2. The molecule has 4 nitrogen and oxygen atoms in total. The summed E-state index contributed by atoms with van der Waals surface area (Å²) in [5.74, 6) is 0. The SMILES string of the molecule is Cc1ccc(C=O)c(-n2nccn2)c1C. The molecule has 1 aromatic carbocycles. The second-order valence-electron chi connectivity index (χ2n) is 3.38. The molecule has 1 heterocycles. The first kappa shape index (κ1) is 9.58. The molecule has 0 radical (unpaired) electrons. The Balaban J connectivity index is 2.72. The van der Waals surface area contributed by atoms with Crippen LogP contribution >= 0.6 is 0 Å². The zero-order chi connectivity index (χ0) is 10.8. The Morgan fingerprint density at radius 3 is 2.47 bits per heavy atom. The quantitative estimate of drug-likeness (QED) is 0.695. The van der Waals surface area contributed by atoms with Crippen molar-refractivity contribution < 1.29 is 4.79 Å². The number of aryl methyl sites for hydroxylation is 1. The predicted molar refractivity (Wildman–Crippen MR) is 56.2 cm³/mol. The fourth-order valence-corrected chi connectivity index (χ4v) is 1.51. The second kappa shape index (κ2) is 3.65. The van der Waals surface area contributed by atoms with Crippen LogP contribution in [0.5, 0.6) is 0 Å². The summed E-state index contributed by atoms with van der Waals surface area (Å²) in [4.78, 5) is 12.4. The molecule has 0 bridgehead atoms. The van der Waals surface area contributed by atoms with Crippen LogP contribution in [0.25, 0.3) is 5.69 Å². The van der Waals surface area contributed by atoms with Gasteiger partial charge < -0.3 is 0 Å². The van der Waals surface area contributed by atoms with Crippen LogP contribution in [0.1, 0.15) is 21.5 Å². The summed E-state index contributed by atoms with van der Waals surface area (Å²) in [6.07, 6.45) is 4.01. The molecular weight excluding hydrogens is 190 g/mol. The maximum atomic E-state index is 10.9. The van der Waals surface area contributed by atoms with Gasteiger partial charge in [0.1, 0.15) is 0 Å². The first-order chi connectivity index (χ1) is 7.24. The van der Waals surface area contributed by atoms with Gasteiger partial charge in [0.15, 0.2) is 6.29 Å². The minimum atomic E-state index is 0.606. The minimum absolute atomic E-state index is 0.606. The van der Waals surface area contributed by atoms with E-state index < -0.39 is 0 Å². The molecule has 0 aliphatic heterocycles. The van der Waals surface area contributed by atoms with Crippen molar-refractivity contribution in [1.29, 1.82) is 0 Å². The molecule has 0 unspecified atom stereocenters. The third kappa shape index (κ3) is 1.54. The first-order valence-corrected chi connectivity index (χ1v) is 4.66. The van der Waals surface area contributed by atoms with Crippen LogP contribution in [0.3, 0.4) is 0 Å². The monoisotopic (exact) mass is 201 g/mol. The number of hydrogen-bond donors (Lipinski definition) is 0. The highest BCUT2D eigenvalue weighted by Gasteiger charge is 2.10. The van der Waals surface area contributed by atoms with Gasteiger partial charge in [-0.25, -0.2) is 0 Å². The smallest absolute Gasteiger partial charge is 0.152 e. The summed E-state index contributed by atoms with van der Waals surface area (Å²) >= 11 is 0. The van der Waals surface area contributed by atoms with Crippen molar-refractivity contribution in [2.75, 3.05) is 0 Å². The average molecular weight is 201 g/mol. The fraction of sp³-hybridized carbons (Fsp3) is 0.182. The van der Waals surface area contributed by atoms with Crippen molar-refractivity contribution >= 4 is 6.29 Å². The van der Waals surface area contributed by atoms with Gasteiger partial charge in [0.05, 0.1) is 18.1 Å². The number of carbonyl (C=O) groups is 1. The normalized spacial score (nSPS) is 10.3. The average Bonchev–Trinajstić information content (AvgIpc) is 2.75. The molecule has 2 aromatic rings. The molecule has 15 heavy (non-hydrogen) atoms. The lowest BCUT2D eigenvalue weighted by atomic mass is 10.0. The minimum Gasteiger partial charge on any atom is -0.298 e. The van der Waals surface area contributed by atoms with Gasteiger partial charge in [-0.15, -0.1) is 0 Å². The van der Waals surface area contributed by atoms with Gasteiger partial charge in [0.25, 0.3) is 0 Å². The fourth-order valence-electron chi connectivity index (χ4n) is 1.51. The summed E-state index contributed by atoms with van der Waals surface area (Å²) in [5, 5.41) is 8.09. The molecule has 0 N–H and O–H groups in total. The Morgan fingerprint density at radius 1 is 1.20 bits per heavy atom. The maximum Gasteiger partial charge on any atom is 0.152 e. The van der Waals surface area contributed by atoms with Crippen molar-refractivity contribution in [3.8, 4) is 5.69 Å². The third-order valence-corrected chi connectivity index (χ3v) is 2.48. The summed E-state index contributed by atoms with van der Waals surface area (Å²) < 4.78 is 0. The predicted octanol–water partition coefficient (Wildman–Crippen LogP) is 1.70. The van der Waals surface area contributed by atoms with E-state index in [1.165, 1.54) is 4.80 Å². The molecule has 0 aliphatic rings. The van der Waals surface area contributed by atoms with Crippen LogP contribution in [0.2, 0.25) is 0 Å². The van der Waals surface area contributed by atoms with E-state index in [9.17, 15) is 4.79 Å². The summed E-state index contributed by atoms with van der Waals surface area (Å²) in [6.45, 7) is 3.96. The number of aldehydes is 1. The van der Waals surface area contributed by atoms with Crippen LogP contribution in [0.4, 0.5) is 0 Å². The Labute approximate surface area is 87.5 Å². The Morgan fingerprint density at radius 2 is 1.87 bits per heavy atom. The van der Waals surface area contributed by atoms with Crippen molar-refractivity contribution in [2.45, 2.75) is 13.8 Å². The number of carbonyl (C=O) groups excluding carboxylic acids is 1. The Bertz CT molecular complexity index is 489. The molecule has 0 amide bonds. The van der Waals surface area contributed by atoms with Crippen LogP contribution in [0.15, 0.2) is 24.5 Å². The molecule has 0 spiro atoms. The third-order valence-electron chi connectivity index (χ3n) is 2.48. The van der Waals surface area contributed by atoms with Gasteiger partial charge in [-0.1, -0.05) is 6.07 Å². The number of aromatic nitrogens is 3. The lowest BCUT2D eigenvalue weighted by molar-refractivity contribution is 0.112. The van der Waals surface area contributed by atoms with Gasteiger partial charge >= 0.3 is 0 Å².